The summed E-state index contributed by atoms with van der Waals surface area (Å²) in [6.45, 7) is 0.993. The third-order valence-electron chi connectivity index (χ3n) is 4.60. The number of rotatable bonds is 5. The molecule has 1 saturated heterocycles. The average Bonchev–Trinajstić information content (AvgIpc) is 2.67. The van der Waals surface area contributed by atoms with Crippen LogP contribution in [0.4, 0.5) is 24.8 Å². The van der Waals surface area contributed by atoms with E-state index in [2.05, 4.69) is 15.3 Å². The molecule has 2 aromatic heterocycles. The molecule has 0 aliphatic carbocycles. The molecule has 29 heavy (non-hydrogen) atoms. The first-order chi connectivity index (χ1) is 13.7. The molecule has 3 rings (SSSR count). The van der Waals surface area contributed by atoms with Crippen molar-refractivity contribution in [1.82, 2.24) is 15.3 Å². The van der Waals surface area contributed by atoms with Gasteiger partial charge in [-0.15, -0.1) is 0 Å². The van der Waals surface area contributed by atoms with E-state index in [0.29, 0.717) is 31.7 Å². The molecule has 0 bridgehead atoms. The molecule has 3 N–H and O–H groups in total. The molecule has 10 heteroatoms. The maximum absolute atomic E-state index is 12.6. The van der Waals surface area contributed by atoms with E-state index < -0.39 is 18.5 Å². The molecule has 7 nitrogen and oxygen atoms in total. The second-order valence-electron chi connectivity index (χ2n) is 6.77. The van der Waals surface area contributed by atoms with Crippen molar-refractivity contribution in [3.8, 4) is 0 Å². The molecule has 0 aromatic carbocycles. The van der Waals surface area contributed by atoms with E-state index in [1.54, 1.807) is 30.3 Å². The van der Waals surface area contributed by atoms with Gasteiger partial charge in [0.15, 0.2) is 0 Å². The Labute approximate surface area is 165 Å². The van der Waals surface area contributed by atoms with E-state index in [1.165, 1.54) is 6.20 Å². The predicted molar refractivity (Wildman–Crippen MR) is 100 cm³/mol. The van der Waals surface area contributed by atoms with Gasteiger partial charge < -0.3 is 16.0 Å². The molecule has 1 fully saturated rings. The van der Waals surface area contributed by atoms with Gasteiger partial charge in [-0.2, -0.15) is 13.2 Å². The zero-order valence-corrected chi connectivity index (χ0v) is 15.4. The smallest absolute Gasteiger partial charge is 0.383 e. The van der Waals surface area contributed by atoms with Crippen molar-refractivity contribution in [3.05, 3.63) is 47.8 Å². The second-order valence-corrected chi connectivity index (χ2v) is 6.77. The van der Waals surface area contributed by atoms with Crippen LogP contribution in [-0.4, -0.2) is 47.0 Å². The highest BCUT2D eigenvalue weighted by Gasteiger charge is 2.32. The number of nitrogens with zero attached hydrogens (tertiary/aromatic N) is 3. The van der Waals surface area contributed by atoms with Crippen LogP contribution in [0.5, 0.6) is 0 Å². The Kier molecular flexibility index (Phi) is 6.00. The number of halogens is 3. The van der Waals surface area contributed by atoms with Gasteiger partial charge in [0.1, 0.15) is 23.8 Å². The molecule has 1 amide bonds. The normalized spacial score (nSPS) is 15.2. The molecular formula is C19H20F3N5O2. The number of ketones is 1. The molecule has 0 unspecified atom stereocenters. The van der Waals surface area contributed by atoms with E-state index in [-0.39, 0.29) is 28.9 Å². The largest absolute Gasteiger partial charge is 0.397 e. The molecule has 1 aliphatic heterocycles. The lowest BCUT2D eigenvalue weighted by Gasteiger charge is -2.33. The van der Waals surface area contributed by atoms with Gasteiger partial charge in [0, 0.05) is 25.3 Å². The number of nitrogens with one attached hydrogen (secondary N) is 1. The Morgan fingerprint density at radius 2 is 1.90 bits per heavy atom. The Morgan fingerprint density at radius 3 is 2.55 bits per heavy atom. The van der Waals surface area contributed by atoms with Crippen LogP contribution < -0.4 is 16.0 Å². The van der Waals surface area contributed by atoms with Gasteiger partial charge in [0.25, 0.3) is 0 Å². The monoisotopic (exact) mass is 407 g/mol. The Bertz CT molecular complexity index is 895. The summed E-state index contributed by atoms with van der Waals surface area (Å²) >= 11 is 0. The molecule has 154 valence electrons. The molecule has 0 spiro atoms. The zero-order chi connectivity index (χ0) is 21.0. The number of anilines is 2. The lowest BCUT2D eigenvalue weighted by molar-refractivity contribution is -0.154. The van der Waals surface area contributed by atoms with Gasteiger partial charge in [-0.3, -0.25) is 9.59 Å². The highest BCUT2D eigenvalue weighted by Crippen LogP contribution is 2.22. The number of hydrogen-bond acceptors (Lipinski definition) is 6. The lowest BCUT2D eigenvalue weighted by Crippen LogP contribution is -2.45. The molecule has 0 saturated carbocycles. The number of alkyl halides is 3. The number of amides is 1. The number of nitrogens with two attached hydrogens (primary N) is 1. The number of piperidine rings is 1. The van der Waals surface area contributed by atoms with Crippen LogP contribution in [0.3, 0.4) is 0 Å². The first-order valence-corrected chi connectivity index (χ1v) is 9.06. The van der Waals surface area contributed by atoms with Crippen molar-refractivity contribution in [2.24, 2.45) is 0 Å². The number of aromatic nitrogens is 2. The highest BCUT2D eigenvalue weighted by molar-refractivity contribution is 6.10. The third kappa shape index (κ3) is 5.43. The first-order valence-electron chi connectivity index (χ1n) is 9.06. The van der Waals surface area contributed by atoms with Gasteiger partial charge in [0.2, 0.25) is 11.7 Å². The number of pyridine rings is 2. The minimum absolute atomic E-state index is 0.125. The second kappa shape index (κ2) is 8.46. The Hall–Kier alpha value is -3.17. The van der Waals surface area contributed by atoms with Crippen LogP contribution in [0, 0.1) is 0 Å². The van der Waals surface area contributed by atoms with E-state index in [9.17, 15) is 22.8 Å². The summed E-state index contributed by atoms with van der Waals surface area (Å²) in [5, 5.41) is 2.42. The lowest BCUT2D eigenvalue weighted by atomic mass is 10.0. The van der Waals surface area contributed by atoms with Crippen LogP contribution in [0.25, 0.3) is 0 Å². The van der Waals surface area contributed by atoms with Crippen molar-refractivity contribution in [2.75, 3.05) is 23.7 Å². The maximum atomic E-state index is 12.6. The molecule has 2 aromatic rings. The first kappa shape index (κ1) is 20.6. The molecule has 3 heterocycles. The fourth-order valence-corrected chi connectivity index (χ4v) is 3.19. The van der Waals surface area contributed by atoms with Gasteiger partial charge in [-0.25, -0.2) is 9.97 Å². The SMILES string of the molecule is Nc1ncccc1C(=O)c1cccc(N2CCC(NC(=O)CC(F)(F)F)CC2)n1. The van der Waals surface area contributed by atoms with E-state index in [0.717, 1.165) is 0 Å². The number of hydrogen-bond donors (Lipinski definition) is 2. The number of carbonyl (C=O) groups excluding carboxylic acids is 2. The average molecular weight is 407 g/mol. The predicted octanol–water partition coefficient (Wildman–Crippen LogP) is 2.33. The number of nitrogen functional groups attached to an aromatic ring is 1. The van der Waals surface area contributed by atoms with Gasteiger partial charge in [0.05, 0.1) is 5.56 Å². The summed E-state index contributed by atoms with van der Waals surface area (Å²) in [4.78, 5) is 34.3. The third-order valence-corrected chi connectivity index (χ3v) is 4.60. The zero-order valence-electron chi connectivity index (χ0n) is 15.4. The summed E-state index contributed by atoms with van der Waals surface area (Å²) in [6.07, 6.45) is -3.53. The van der Waals surface area contributed by atoms with Crippen molar-refractivity contribution in [1.29, 1.82) is 0 Å². The van der Waals surface area contributed by atoms with Crippen molar-refractivity contribution in [2.45, 2.75) is 31.5 Å². The van der Waals surface area contributed by atoms with E-state index in [1.807, 2.05) is 4.90 Å². The van der Waals surface area contributed by atoms with Gasteiger partial charge in [-0.1, -0.05) is 6.07 Å². The maximum Gasteiger partial charge on any atom is 0.397 e. The summed E-state index contributed by atoms with van der Waals surface area (Å²) in [5.74, 6) is -0.652. The van der Waals surface area contributed by atoms with Crippen molar-refractivity contribution >= 4 is 23.3 Å². The minimum Gasteiger partial charge on any atom is -0.383 e. The molecule has 0 radical (unpaired) electrons. The van der Waals surface area contributed by atoms with E-state index >= 15 is 0 Å². The van der Waals surface area contributed by atoms with E-state index in [4.69, 9.17) is 5.73 Å². The van der Waals surface area contributed by atoms with Crippen LogP contribution in [-0.2, 0) is 4.79 Å². The molecule has 1 aliphatic rings. The van der Waals surface area contributed by atoms with Gasteiger partial charge in [-0.05, 0) is 37.1 Å². The van der Waals surface area contributed by atoms with Crippen LogP contribution in [0.1, 0.15) is 35.3 Å². The van der Waals surface area contributed by atoms with Crippen LogP contribution in [0.15, 0.2) is 36.5 Å². The summed E-state index contributed by atoms with van der Waals surface area (Å²) < 4.78 is 36.8. The summed E-state index contributed by atoms with van der Waals surface area (Å²) in [7, 11) is 0. The topological polar surface area (TPSA) is 101 Å². The van der Waals surface area contributed by atoms with Crippen LogP contribution in [0.2, 0.25) is 0 Å². The summed E-state index contributed by atoms with van der Waals surface area (Å²) in [5.41, 5.74) is 6.25. The highest BCUT2D eigenvalue weighted by atomic mass is 19.4. The van der Waals surface area contributed by atoms with Crippen LogP contribution >= 0.6 is 0 Å². The summed E-state index contributed by atoms with van der Waals surface area (Å²) in [6, 6.07) is 7.92. The number of carbonyl (C=O) groups is 2. The Morgan fingerprint density at radius 1 is 1.17 bits per heavy atom. The van der Waals surface area contributed by atoms with Crippen molar-refractivity contribution in [3.63, 3.8) is 0 Å². The molecule has 0 atom stereocenters. The van der Waals surface area contributed by atoms with Crippen molar-refractivity contribution < 1.29 is 22.8 Å². The molecular weight excluding hydrogens is 387 g/mol. The standard InChI is InChI=1S/C19H20F3N5O2/c20-19(21,22)11-16(28)25-12-6-9-27(10-7-12)15-5-1-4-14(26-15)17(29)13-3-2-8-24-18(13)23/h1-5,8,12H,6-7,9-11H2,(H2,23,24)(H,25,28). The Balaban J connectivity index is 1.62. The quantitative estimate of drug-likeness (QED) is 0.738. The minimum atomic E-state index is -4.51. The fourth-order valence-electron chi connectivity index (χ4n) is 3.19. The fraction of sp³-hybridized carbons (Fsp3) is 0.368. The van der Waals surface area contributed by atoms with Gasteiger partial charge >= 0.3 is 6.18 Å².